The summed E-state index contributed by atoms with van der Waals surface area (Å²) < 4.78 is 0. The molecular formula is C43H30N6. The van der Waals surface area contributed by atoms with Gasteiger partial charge in [-0.3, -0.25) is 24.9 Å². The Morgan fingerprint density at radius 2 is 1.39 bits per heavy atom. The van der Waals surface area contributed by atoms with Crippen molar-refractivity contribution in [1.82, 2.24) is 24.8 Å². The van der Waals surface area contributed by atoms with Crippen LogP contribution in [0.3, 0.4) is 0 Å². The first-order chi connectivity index (χ1) is 24.2. The van der Waals surface area contributed by atoms with Crippen molar-refractivity contribution < 1.29 is 0 Å². The van der Waals surface area contributed by atoms with Gasteiger partial charge in [-0.1, -0.05) is 36.4 Å². The average Bonchev–Trinajstić information content (AvgIpc) is 3.17. The summed E-state index contributed by atoms with van der Waals surface area (Å²) in [5, 5.41) is 5.37. The summed E-state index contributed by atoms with van der Waals surface area (Å²) in [6.45, 7) is 0.791. The van der Waals surface area contributed by atoms with E-state index in [1.807, 2.05) is 49.1 Å². The first-order valence-corrected chi connectivity index (χ1v) is 16.7. The average molecular weight is 631 g/mol. The van der Waals surface area contributed by atoms with Crippen molar-refractivity contribution in [3.8, 4) is 22.3 Å². The van der Waals surface area contributed by atoms with Crippen LogP contribution < -0.4 is 10.6 Å². The summed E-state index contributed by atoms with van der Waals surface area (Å²) in [6, 6.07) is 28.3. The molecule has 3 aliphatic rings. The molecule has 1 unspecified atom stereocenters. The van der Waals surface area contributed by atoms with E-state index in [4.69, 9.17) is 24.9 Å². The molecule has 0 saturated heterocycles. The predicted octanol–water partition coefficient (Wildman–Crippen LogP) is 7.84. The second-order valence-corrected chi connectivity index (χ2v) is 12.9. The van der Waals surface area contributed by atoms with Gasteiger partial charge in [-0.15, -0.1) is 0 Å². The quantitative estimate of drug-likeness (QED) is 0.186. The van der Waals surface area contributed by atoms with Gasteiger partial charge in [0.05, 0.1) is 33.6 Å². The molecule has 6 nitrogen and oxygen atoms in total. The molecule has 3 aromatic carbocycles. The molecule has 10 rings (SSSR count). The number of nitrogens with zero attached hydrogens (tertiary/aromatic N) is 6. The first-order valence-electron chi connectivity index (χ1n) is 16.7. The van der Waals surface area contributed by atoms with E-state index >= 15 is 0 Å². The van der Waals surface area contributed by atoms with Crippen LogP contribution in [0.15, 0.2) is 133 Å². The summed E-state index contributed by atoms with van der Waals surface area (Å²) in [7, 11) is 2.13. The molecule has 0 amide bonds. The van der Waals surface area contributed by atoms with E-state index in [-0.39, 0.29) is 6.04 Å². The Bertz CT molecular complexity index is 2760. The molecule has 6 heteroatoms. The van der Waals surface area contributed by atoms with Gasteiger partial charge in [0.2, 0.25) is 0 Å². The first kappa shape index (κ1) is 27.8. The fraction of sp³-hybridized carbons (Fsp3) is 0.0930. The van der Waals surface area contributed by atoms with Crippen molar-refractivity contribution in [1.29, 1.82) is 0 Å². The second kappa shape index (κ2) is 10.9. The molecule has 0 radical (unpaired) electrons. The van der Waals surface area contributed by atoms with Gasteiger partial charge in [-0.2, -0.15) is 0 Å². The maximum Gasteiger partial charge on any atom is 0.0970 e. The lowest BCUT2D eigenvalue weighted by atomic mass is 9.80. The Morgan fingerprint density at radius 3 is 2.24 bits per heavy atom. The van der Waals surface area contributed by atoms with Crippen molar-refractivity contribution >= 4 is 50.4 Å². The lowest BCUT2D eigenvalue weighted by Crippen LogP contribution is -2.29. The normalized spacial score (nSPS) is 16.3. The van der Waals surface area contributed by atoms with Crippen LogP contribution in [0.25, 0.3) is 72.7 Å². The largest absolute Gasteiger partial charge is 0.368 e. The summed E-state index contributed by atoms with van der Waals surface area (Å²) in [6.07, 6.45) is 19.5. The van der Waals surface area contributed by atoms with E-state index in [0.29, 0.717) is 0 Å². The van der Waals surface area contributed by atoms with Crippen LogP contribution in [0.2, 0.25) is 0 Å². The Kier molecular flexibility index (Phi) is 6.18. The number of benzene rings is 3. The molecule has 0 spiro atoms. The third-order valence-electron chi connectivity index (χ3n) is 10.0. The molecule has 7 aromatic rings. The predicted molar refractivity (Wildman–Crippen MR) is 198 cm³/mol. The van der Waals surface area contributed by atoms with Crippen LogP contribution in [0.4, 0.5) is 0 Å². The highest BCUT2D eigenvalue weighted by molar-refractivity contribution is 6.11. The van der Waals surface area contributed by atoms with Crippen LogP contribution in [-0.2, 0) is 0 Å². The molecule has 49 heavy (non-hydrogen) atoms. The smallest absolute Gasteiger partial charge is 0.0970 e. The van der Waals surface area contributed by atoms with Gasteiger partial charge < -0.3 is 4.90 Å². The van der Waals surface area contributed by atoms with E-state index < -0.39 is 0 Å². The van der Waals surface area contributed by atoms with E-state index in [1.165, 1.54) is 11.1 Å². The Balaban J connectivity index is 1.31. The standard InChI is InChI=1S/C43H30N6/c1-49-19-7-13-34-37(25-28-10-4-16-46-40(28)43(34)49)31-21-29(35-23-26-8-2-14-44-38(26)41-32(35)11-5-17-47-41)20-30(22-31)36-24-27-9-3-15-45-39(27)42-33(36)12-6-18-48-42/h2,4-14,16-25,43H,3,15H2,1H3. The SMILES string of the molecule is CN1C=CC=C2C(c3cc(-c4cc5c(c6ncccc46)=NCCC=5)cc(-c4cc5cccnc5c5ncccc45)c3)=Cc3cccnc3C21. The summed E-state index contributed by atoms with van der Waals surface area (Å²) in [4.78, 5) is 26.5. The van der Waals surface area contributed by atoms with Gasteiger partial charge in [-0.25, -0.2) is 0 Å². The third-order valence-corrected chi connectivity index (χ3v) is 10.0. The Morgan fingerprint density at radius 1 is 0.694 bits per heavy atom. The van der Waals surface area contributed by atoms with Crippen molar-refractivity contribution in [3.05, 3.63) is 155 Å². The Labute approximate surface area is 282 Å². The van der Waals surface area contributed by atoms with Crippen LogP contribution >= 0.6 is 0 Å². The van der Waals surface area contributed by atoms with Crippen molar-refractivity contribution in [2.24, 2.45) is 4.99 Å². The molecule has 0 saturated carbocycles. The van der Waals surface area contributed by atoms with Gasteiger partial charge in [0.25, 0.3) is 0 Å². The fourth-order valence-electron chi connectivity index (χ4n) is 7.84. The van der Waals surface area contributed by atoms with E-state index in [9.17, 15) is 0 Å². The van der Waals surface area contributed by atoms with E-state index in [0.717, 1.165) is 95.3 Å². The lowest BCUT2D eigenvalue weighted by Gasteiger charge is -2.36. The number of hydrogen-bond donors (Lipinski definition) is 0. The van der Waals surface area contributed by atoms with E-state index in [2.05, 4.69) is 97.0 Å². The van der Waals surface area contributed by atoms with E-state index in [1.54, 1.807) is 0 Å². The molecule has 6 heterocycles. The Hall–Kier alpha value is -6.27. The van der Waals surface area contributed by atoms with Crippen molar-refractivity contribution in [3.63, 3.8) is 0 Å². The van der Waals surface area contributed by atoms with Crippen LogP contribution in [0.5, 0.6) is 0 Å². The summed E-state index contributed by atoms with van der Waals surface area (Å²) >= 11 is 0. The second-order valence-electron chi connectivity index (χ2n) is 12.9. The maximum atomic E-state index is 4.91. The zero-order valence-corrected chi connectivity index (χ0v) is 26.9. The molecule has 1 atom stereocenters. The van der Waals surface area contributed by atoms with Crippen LogP contribution in [0, 0.1) is 0 Å². The molecule has 0 bridgehead atoms. The van der Waals surface area contributed by atoms with Crippen molar-refractivity contribution in [2.45, 2.75) is 12.5 Å². The minimum absolute atomic E-state index is 0.0232. The number of fused-ring (bicyclic) bond motifs is 9. The number of hydrogen-bond acceptors (Lipinski definition) is 6. The summed E-state index contributed by atoms with van der Waals surface area (Å²) in [5.74, 6) is 0. The minimum Gasteiger partial charge on any atom is -0.368 e. The van der Waals surface area contributed by atoms with Gasteiger partial charge >= 0.3 is 0 Å². The molecule has 2 aliphatic heterocycles. The number of aromatic nitrogens is 4. The monoisotopic (exact) mass is 630 g/mol. The molecule has 1 aliphatic carbocycles. The fourth-order valence-corrected chi connectivity index (χ4v) is 7.84. The number of allylic oxidation sites excluding steroid dienone is 2. The van der Waals surface area contributed by atoms with Gasteiger partial charge in [0.15, 0.2) is 0 Å². The molecule has 0 N–H and O–H groups in total. The molecule has 232 valence electrons. The topological polar surface area (TPSA) is 67.2 Å². The summed E-state index contributed by atoms with van der Waals surface area (Å²) in [5.41, 5.74) is 13.1. The lowest BCUT2D eigenvalue weighted by molar-refractivity contribution is 0.371. The highest BCUT2D eigenvalue weighted by atomic mass is 15.1. The molecule has 4 aromatic heterocycles. The van der Waals surface area contributed by atoms with Crippen LogP contribution in [-0.4, -0.2) is 38.4 Å². The van der Waals surface area contributed by atoms with Gasteiger partial charge in [-0.05, 0) is 129 Å². The highest BCUT2D eigenvalue weighted by Crippen LogP contribution is 2.46. The number of rotatable bonds is 3. The highest BCUT2D eigenvalue weighted by Gasteiger charge is 2.32. The third kappa shape index (κ3) is 4.37. The molecular weight excluding hydrogens is 601 g/mol. The zero-order chi connectivity index (χ0) is 32.5. The van der Waals surface area contributed by atoms with Gasteiger partial charge in [0.1, 0.15) is 0 Å². The van der Waals surface area contributed by atoms with Gasteiger partial charge in [0, 0.05) is 54.5 Å². The van der Waals surface area contributed by atoms with Crippen molar-refractivity contribution in [2.75, 3.05) is 13.6 Å². The van der Waals surface area contributed by atoms with Crippen LogP contribution in [0.1, 0.15) is 29.3 Å². The maximum absolute atomic E-state index is 4.91. The number of likely N-dealkylation sites (N-methyl/N-ethyl adjacent to an activating group) is 1. The number of pyridine rings is 4. The minimum atomic E-state index is 0.0232. The molecule has 0 fully saturated rings. The zero-order valence-electron chi connectivity index (χ0n) is 26.9.